The molecule has 0 bridgehead atoms. The predicted octanol–water partition coefficient (Wildman–Crippen LogP) is 4.34. The highest BCUT2D eigenvalue weighted by molar-refractivity contribution is 7.21. The van der Waals surface area contributed by atoms with Crippen molar-refractivity contribution >= 4 is 56.6 Å². The Labute approximate surface area is 222 Å². The van der Waals surface area contributed by atoms with Gasteiger partial charge in [0.05, 0.1) is 22.5 Å². The zero-order chi connectivity index (χ0) is 26.2. The fourth-order valence-corrected chi connectivity index (χ4v) is 5.91. The van der Waals surface area contributed by atoms with Gasteiger partial charge in [-0.2, -0.15) is 0 Å². The van der Waals surface area contributed by atoms with E-state index < -0.39 is 6.03 Å². The fraction of sp³-hybridized carbons (Fsp3) is 0.185. The standard InChI is InChI=1S/C27H23N7O3S/c1-2-21(35)33-12-6-9-17(14-33)31-25(36)24-23-22-19(10-11-28-26(22)38-24)34(27(37)32-23)20-13-18(29-15-30-20)16-7-4-3-5-8-16/h2-5,7-8,10-11,13,15,17H,1,6,9,12,14H2,(H,31,36)(H,32,37). The van der Waals surface area contributed by atoms with Crippen LogP contribution >= 0.6 is 11.3 Å². The van der Waals surface area contributed by atoms with E-state index in [1.807, 2.05) is 30.3 Å². The van der Waals surface area contributed by atoms with E-state index in [2.05, 4.69) is 32.2 Å². The number of hydrogen-bond acceptors (Lipinski definition) is 7. The lowest BCUT2D eigenvalue weighted by atomic mass is 10.1. The Kier molecular flexibility index (Phi) is 6.04. The van der Waals surface area contributed by atoms with Gasteiger partial charge in [0.15, 0.2) is 0 Å². The van der Waals surface area contributed by atoms with Gasteiger partial charge in [-0.25, -0.2) is 24.6 Å². The zero-order valence-corrected chi connectivity index (χ0v) is 21.1. The Morgan fingerprint density at radius 1 is 1.16 bits per heavy atom. The average Bonchev–Trinajstić information content (AvgIpc) is 3.33. The largest absolute Gasteiger partial charge is 0.347 e. The van der Waals surface area contributed by atoms with Crippen LogP contribution < -0.4 is 15.5 Å². The molecule has 190 valence electrons. The number of nitrogens with one attached hydrogen (secondary N) is 2. The van der Waals surface area contributed by atoms with E-state index >= 15 is 0 Å². The molecule has 2 aliphatic rings. The molecule has 1 fully saturated rings. The van der Waals surface area contributed by atoms with Gasteiger partial charge in [-0.15, -0.1) is 11.3 Å². The summed E-state index contributed by atoms with van der Waals surface area (Å²) in [5.41, 5.74) is 2.60. The number of benzene rings is 1. The van der Waals surface area contributed by atoms with E-state index in [0.29, 0.717) is 51.1 Å². The summed E-state index contributed by atoms with van der Waals surface area (Å²) in [5.74, 6) is -0.0582. The number of hydrogen-bond donors (Lipinski definition) is 2. The molecule has 4 amide bonds. The van der Waals surface area contributed by atoms with Crippen molar-refractivity contribution in [3.05, 3.63) is 72.5 Å². The number of carbonyl (C=O) groups excluding carboxylic acids is 3. The molecule has 38 heavy (non-hydrogen) atoms. The maximum atomic E-state index is 13.4. The van der Waals surface area contributed by atoms with Gasteiger partial charge in [0.1, 0.15) is 21.9 Å². The molecule has 10 nitrogen and oxygen atoms in total. The highest BCUT2D eigenvalue weighted by Crippen LogP contribution is 2.45. The van der Waals surface area contributed by atoms with Crippen LogP contribution in [-0.2, 0) is 4.79 Å². The SMILES string of the molecule is C=CC(=O)N1CCCC(NC(=O)c2sc3nccc4c3c2NC(=O)N4c2cc(-c3ccccc3)ncn2)C1. The van der Waals surface area contributed by atoms with Crippen LogP contribution in [0.4, 0.5) is 22.0 Å². The van der Waals surface area contributed by atoms with Gasteiger partial charge in [0.25, 0.3) is 5.91 Å². The molecule has 11 heteroatoms. The highest BCUT2D eigenvalue weighted by atomic mass is 32.1. The Balaban J connectivity index is 1.33. The van der Waals surface area contributed by atoms with Crippen molar-refractivity contribution in [1.82, 2.24) is 25.2 Å². The quantitative estimate of drug-likeness (QED) is 0.374. The number of aromatic nitrogens is 3. The maximum absolute atomic E-state index is 13.4. The van der Waals surface area contributed by atoms with Gasteiger partial charge >= 0.3 is 6.03 Å². The normalized spacial score (nSPS) is 16.7. The van der Waals surface area contributed by atoms with E-state index in [-0.39, 0.29) is 17.9 Å². The van der Waals surface area contributed by atoms with Crippen molar-refractivity contribution in [3.8, 4) is 11.3 Å². The average molecular weight is 526 g/mol. The van der Waals surface area contributed by atoms with Crippen LogP contribution in [0.5, 0.6) is 0 Å². The van der Waals surface area contributed by atoms with E-state index in [1.165, 1.54) is 28.6 Å². The molecule has 5 heterocycles. The molecule has 2 aliphatic heterocycles. The molecule has 1 aromatic carbocycles. The molecule has 4 aromatic rings. The van der Waals surface area contributed by atoms with Crippen LogP contribution in [0.2, 0.25) is 0 Å². The summed E-state index contributed by atoms with van der Waals surface area (Å²) in [4.78, 5) is 56.2. The highest BCUT2D eigenvalue weighted by Gasteiger charge is 2.34. The molecule has 0 radical (unpaired) electrons. The summed E-state index contributed by atoms with van der Waals surface area (Å²) >= 11 is 1.22. The van der Waals surface area contributed by atoms with Crippen molar-refractivity contribution in [1.29, 1.82) is 0 Å². The number of rotatable bonds is 5. The monoisotopic (exact) mass is 525 g/mol. The van der Waals surface area contributed by atoms with Crippen LogP contribution in [-0.4, -0.2) is 56.8 Å². The summed E-state index contributed by atoms with van der Waals surface area (Å²) in [6.45, 7) is 4.60. The third-order valence-electron chi connectivity index (χ3n) is 6.65. The molecule has 3 aromatic heterocycles. The van der Waals surface area contributed by atoms with Crippen LogP contribution in [0.3, 0.4) is 0 Å². The van der Waals surface area contributed by atoms with Crippen molar-refractivity contribution in [3.63, 3.8) is 0 Å². The number of urea groups is 1. The van der Waals surface area contributed by atoms with Gasteiger partial charge in [-0.3, -0.25) is 9.59 Å². The third kappa shape index (κ3) is 4.16. The molecule has 2 N–H and O–H groups in total. The van der Waals surface area contributed by atoms with Gasteiger partial charge in [0, 0.05) is 37.0 Å². The predicted molar refractivity (Wildman–Crippen MR) is 146 cm³/mol. The number of piperidine rings is 1. The number of amides is 4. The minimum Gasteiger partial charge on any atom is -0.347 e. The lowest BCUT2D eigenvalue weighted by Crippen LogP contribution is -2.49. The van der Waals surface area contributed by atoms with E-state index in [0.717, 1.165) is 18.4 Å². The van der Waals surface area contributed by atoms with E-state index in [1.54, 1.807) is 23.2 Å². The molecular formula is C27H23N7O3S. The number of nitrogens with zero attached hydrogens (tertiary/aromatic N) is 5. The summed E-state index contributed by atoms with van der Waals surface area (Å²) in [5, 5.41) is 6.61. The summed E-state index contributed by atoms with van der Waals surface area (Å²) in [6.07, 6.45) is 5.87. The minimum absolute atomic E-state index is 0.151. The number of likely N-dealkylation sites (tertiary alicyclic amines) is 1. The number of thiophene rings is 1. The number of anilines is 3. The Morgan fingerprint density at radius 3 is 2.82 bits per heavy atom. The Bertz CT molecular complexity index is 1590. The zero-order valence-electron chi connectivity index (χ0n) is 20.3. The molecule has 1 unspecified atom stereocenters. The molecule has 6 rings (SSSR count). The molecule has 1 saturated heterocycles. The topological polar surface area (TPSA) is 120 Å². The van der Waals surface area contributed by atoms with Crippen molar-refractivity contribution in [2.45, 2.75) is 18.9 Å². The van der Waals surface area contributed by atoms with Crippen molar-refractivity contribution in [2.75, 3.05) is 23.3 Å². The third-order valence-corrected chi connectivity index (χ3v) is 7.74. The second kappa shape index (κ2) is 9.67. The summed E-state index contributed by atoms with van der Waals surface area (Å²) < 4.78 is 0. The van der Waals surface area contributed by atoms with Crippen LogP contribution in [0.15, 0.2) is 67.6 Å². The van der Waals surface area contributed by atoms with E-state index in [9.17, 15) is 14.4 Å². The maximum Gasteiger partial charge on any atom is 0.332 e. The first-order valence-corrected chi connectivity index (χ1v) is 13.0. The smallest absolute Gasteiger partial charge is 0.332 e. The molecule has 1 atom stereocenters. The number of carbonyl (C=O) groups is 3. The fourth-order valence-electron chi connectivity index (χ4n) is 4.88. The van der Waals surface area contributed by atoms with Crippen molar-refractivity contribution in [2.24, 2.45) is 0 Å². The molecular weight excluding hydrogens is 502 g/mol. The molecule has 0 saturated carbocycles. The van der Waals surface area contributed by atoms with Crippen LogP contribution in [0.1, 0.15) is 22.5 Å². The van der Waals surface area contributed by atoms with E-state index in [4.69, 9.17) is 0 Å². The van der Waals surface area contributed by atoms with Gasteiger partial charge in [-0.1, -0.05) is 36.9 Å². The minimum atomic E-state index is -0.435. The lowest BCUT2D eigenvalue weighted by molar-refractivity contribution is -0.127. The second-order valence-corrected chi connectivity index (χ2v) is 10.0. The lowest BCUT2D eigenvalue weighted by Gasteiger charge is -2.32. The van der Waals surface area contributed by atoms with Gasteiger partial charge in [-0.05, 0) is 25.0 Å². The molecule has 0 aliphatic carbocycles. The first-order valence-electron chi connectivity index (χ1n) is 12.2. The van der Waals surface area contributed by atoms with Crippen molar-refractivity contribution < 1.29 is 14.4 Å². The van der Waals surface area contributed by atoms with Gasteiger partial charge in [0.2, 0.25) is 5.91 Å². The first-order chi connectivity index (χ1) is 18.5. The molecule has 0 spiro atoms. The van der Waals surface area contributed by atoms with Gasteiger partial charge < -0.3 is 15.5 Å². The summed E-state index contributed by atoms with van der Waals surface area (Å²) in [7, 11) is 0. The Hall–Kier alpha value is -4.64. The second-order valence-electron chi connectivity index (χ2n) is 9.01. The Morgan fingerprint density at radius 2 is 2.00 bits per heavy atom. The van der Waals surface area contributed by atoms with Crippen LogP contribution in [0, 0.1) is 0 Å². The summed E-state index contributed by atoms with van der Waals surface area (Å²) in [6, 6.07) is 12.5. The number of pyridine rings is 1. The first kappa shape index (κ1) is 23.7. The van der Waals surface area contributed by atoms with Crippen LogP contribution in [0.25, 0.3) is 21.5 Å².